The van der Waals surface area contributed by atoms with Crippen molar-refractivity contribution in [1.82, 2.24) is 15.5 Å². The number of nitrogens with zero attached hydrogens (tertiary/aromatic N) is 1. The largest absolute Gasteiger partial charge is 0.469 e. The number of unbranched alkanes of at least 4 members (excludes halogenated alkanes) is 3. The molecule has 238 valence electrons. The summed E-state index contributed by atoms with van der Waals surface area (Å²) in [7, 11) is -4.68. The van der Waals surface area contributed by atoms with Crippen LogP contribution in [0.1, 0.15) is 58.3 Å². The number of carbonyl (C=O) groups is 3. The molecule has 2 rings (SSSR count). The summed E-state index contributed by atoms with van der Waals surface area (Å²) in [6.45, 7) is 0.980. The Morgan fingerprint density at radius 3 is 2.34 bits per heavy atom. The molecule has 2 aliphatic heterocycles. The molecule has 0 radical (unpaired) electrons. The maximum absolute atomic E-state index is 12.5. The number of hydrogen-bond acceptors (Lipinski definition) is 11. The molecule has 0 spiro atoms. The van der Waals surface area contributed by atoms with E-state index in [2.05, 4.69) is 15.2 Å². The van der Waals surface area contributed by atoms with Crippen LogP contribution in [-0.4, -0.2) is 129 Å². The van der Waals surface area contributed by atoms with Crippen LogP contribution in [0.15, 0.2) is 0 Å². The lowest BCUT2D eigenvalue weighted by Gasteiger charge is -2.42. The van der Waals surface area contributed by atoms with Crippen molar-refractivity contribution in [3.8, 4) is 0 Å². The maximum atomic E-state index is 12.5. The number of phosphoric ester groups is 1. The molecule has 2 heterocycles. The second kappa shape index (κ2) is 17.4. The van der Waals surface area contributed by atoms with Gasteiger partial charge in [-0.05, 0) is 32.1 Å². The van der Waals surface area contributed by atoms with Crippen molar-refractivity contribution in [2.45, 2.75) is 101 Å². The van der Waals surface area contributed by atoms with Crippen LogP contribution in [-0.2, 0) is 32.9 Å². The Hall–Kier alpha value is -1.72. The predicted octanol–water partition coefficient (Wildman–Crippen LogP) is -2.14. The van der Waals surface area contributed by atoms with E-state index in [0.29, 0.717) is 38.6 Å². The lowest BCUT2D eigenvalue weighted by Crippen LogP contribution is -2.64. The monoisotopic (exact) mass is 613 g/mol. The van der Waals surface area contributed by atoms with Crippen LogP contribution in [0.4, 0.5) is 0 Å². The summed E-state index contributed by atoms with van der Waals surface area (Å²) >= 11 is 0. The highest BCUT2D eigenvalue weighted by molar-refractivity contribution is 7.46. The van der Waals surface area contributed by atoms with Gasteiger partial charge < -0.3 is 55.2 Å². The zero-order valence-electron chi connectivity index (χ0n) is 23.2. The van der Waals surface area contributed by atoms with Crippen LogP contribution in [0.5, 0.6) is 0 Å². The van der Waals surface area contributed by atoms with Crippen molar-refractivity contribution >= 4 is 25.5 Å². The van der Waals surface area contributed by atoms with E-state index in [-0.39, 0.29) is 50.8 Å². The third kappa shape index (κ3) is 12.2. The fraction of sp³-hybridized carbons (Fsp3) is 0.875. The van der Waals surface area contributed by atoms with Gasteiger partial charge in [-0.3, -0.25) is 18.9 Å². The summed E-state index contributed by atoms with van der Waals surface area (Å²) in [6.07, 6.45) is -2.30. The van der Waals surface area contributed by atoms with E-state index in [1.807, 2.05) is 0 Å². The first-order chi connectivity index (χ1) is 19.4. The Kier molecular flexibility index (Phi) is 15.1. The minimum atomic E-state index is -4.68. The molecule has 7 atom stereocenters. The third-order valence-electron chi connectivity index (χ3n) is 6.91. The van der Waals surface area contributed by atoms with Gasteiger partial charge in [-0.15, -0.1) is 0 Å². The van der Waals surface area contributed by atoms with Gasteiger partial charge in [0, 0.05) is 39.5 Å². The lowest BCUT2D eigenvalue weighted by atomic mass is 9.97. The van der Waals surface area contributed by atoms with Crippen LogP contribution in [0.3, 0.4) is 0 Å². The predicted molar refractivity (Wildman–Crippen MR) is 141 cm³/mol. The average molecular weight is 614 g/mol. The number of aliphatic hydroxyl groups is 4. The Morgan fingerprint density at radius 1 is 1.00 bits per heavy atom. The maximum Gasteiger partial charge on any atom is 0.469 e. The van der Waals surface area contributed by atoms with Gasteiger partial charge in [0.25, 0.3) is 0 Å². The molecule has 0 aliphatic carbocycles. The molecular weight excluding hydrogens is 569 g/mol. The van der Waals surface area contributed by atoms with Gasteiger partial charge in [-0.2, -0.15) is 0 Å². The van der Waals surface area contributed by atoms with Gasteiger partial charge in [0.05, 0.1) is 25.4 Å². The highest BCUT2D eigenvalue weighted by Gasteiger charge is 2.45. The fourth-order valence-electron chi connectivity index (χ4n) is 4.86. The van der Waals surface area contributed by atoms with E-state index < -0.39 is 63.1 Å². The Labute approximate surface area is 238 Å². The van der Waals surface area contributed by atoms with Crippen LogP contribution in [0.2, 0.25) is 0 Å². The van der Waals surface area contributed by atoms with Crippen molar-refractivity contribution in [3.63, 3.8) is 0 Å². The molecular formula is C24H44N3O13P. The van der Waals surface area contributed by atoms with Crippen molar-refractivity contribution < 1.29 is 63.2 Å². The molecule has 0 bridgehead atoms. The number of nitrogens with one attached hydrogen (secondary N) is 2. The summed E-state index contributed by atoms with van der Waals surface area (Å²) in [5.74, 6) is -0.828. The topological polar surface area (TPSA) is 245 Å². The number of amides is 3. The molecule has 0 aromatic heterocycles. The van der Waals surface area contributed by atoms with Gasteiger partial charge >= 0.3 is 7.82 Å². The molecule has 5 unspecified atom stereocenters. The highest BCUT2D eigenvalue weighted by Crippen LogP contribution is 2.40. The Morgan fingerprint density at radius 2 is 1.71 bits per heavy atom. The van der Waals surface area contributed by atoms with Crippen molar-refractivity contribution in [1.29, 1.82) is 0 Å². The quantitative estimate of drug-likeness (QED) is 0.0646. The van der Waals surface area contributed by atoms with E-state index in [4.69, 9.17) is 19.3 Å². The number of ether oxygens (including phenoxy) is 2. The first-order valence-corrected chi connectivity index (χ1v) is 15.3. The minimum Gasteiger partial charge on any atom is -0.394 e. The number of hydrogen-bond donors (Lipinski definition) is 8. The normalized spacial score (nSPS) is 28.5. The molecule has 8 N–H and O–H groups in total. The molecule has 0 aromatic rings. The second-order valence-corrected chi connectivity index (χ2v) is 11.4. The van der Waals surface area contributed by atoms with E-state index in [9.17, 15) is 39.4 Å². The first kappa shape index (κ1) is 35.5. The molecule has 0 saturated carbocycles. The fourth-order valence-corrected chi connectivity index (χ4v) is 5.40. The zero-order chi connectivity index (χ0) is 30.6. The standard InChI is InChI=1S/C24H44N3O13P/c1-15(30)26-21-23(34)22(33)18(14-29)39-24(21)38-10-6-4-7-19(31)25-9-5-2-3-8-20(32)27-12-17(11-16(27)13-28)40-41(35,36)37/h16-18,21-24,28-29,33-34H,2-14H2,1H3,(H,25,31)(H,26,30)(H2,35,36,37)/t16-,17+,18?,21?,22?,23?,24?/m0/s1. The van der Waals surface area contributed by atoms with Crippen LogP contribution in [0, 0.1) is 0 Å². The summed E-state index contributed by atoms with van der Waals surface area (Å²) in [5.41, 5.74) is 0. The molecule has 2 saturated heterocycles. The van der Waals surface area contributed by atoms with E-state index in [1.165, 1.54) is 11.8 Å². The van der Waals surface area contributed by atoms with Gasteiger partial charge in [0.15, 0.2) is 6.29 Å². The number of phosphoric acid groups is 1. The molecule has 41 heavy (non-hydrogen) atoms. The lowest BCUT2D eigenvalue weighted by molar-refractivity contribution is -0.270. The van der Waals surface area contributed by atoms with Gasteiger partial charge in [-0.1, -0.05) is 6.42 Å². The van der Waals surface area contributed by atoms with Crippen molar-refractivity contribution in [3.05, 3.63) is 0 Å². The highest BCUT2D eigenvalue weighted by atomic mass is 31.2. The van der Waals surface area contributed by atoms with E-state index >= 15 is 0 Å². The van der Waals surface area contributed by atoms with Crippen LogP contribution in [0.25, 0.3) is 0 Å². The Bertz CT molecular complexity index is 891. The summed E-state index contributed by atoms with van der Waals surface area (Å²) < 4.78 is 26.8. The molecule has 0 aromatic carbocycles. The summed E-state index contributed by atoms with van der Waals surface area (Å²) in [5, 5.41) is 44.4. The number of likely N-dealkylation sites (tertiary alicyclic amines) is 1. The number of aliphatic hydroxyl groups excluding tert-OH is 4. The van der Waals surface area contributed by atoms with Crippen LogP contribution < -0.4 is 10.6 Å². The Balaban J connectivity index is 1.57. The molecule has 2 aliphatic rings. The van der Waals surface area contributed by atoms with Crippen molar-refractivity contribution in [2.24, 2.45) is 0 Å². The van der Waals surface area contributed by atoms with Gasteiger partial charge in [0.1, 0.15) is 24.4 Å². The SMILES string of the molecule is CC(=O)NC1C(OCCCCC(=O)NCCCCCC(=O)N2C[C@H](OP(=O)(O)O)C[C@H]2CO)OC(CO)C(O)C1O. The summed E-state index contributed by atoms with van der Waals surface area (Å²) in [4.78, 5) is 55.3. The van der Waals surface area contributed by atoms with Gasteiger partial charge in [0.2, 0.25) is 17.7 Å². The molecule has 16 nitrogen and oxygen atoms in total. The molecule has 3 amide bonds. The average Bonchev–Trinajstić information content (AvgIpc) is 3.30. The molecule has 17 heteroatoms. The minimum absolute atomic E-state index is 0.00803. The zero-order valence-corrected chi connectivity index (χ0v) is 24.1. The molecule has 2 fully saturated rings. The first-order valence-electron chi connectivity index (χ1n) is 13.8. The second-order valence-electron chi connectivity index (χ2n) is 10.3. The van der Waals surface area contributed by atoms with E-state index in [1.54, 1.807) is 0 Å². The third-order valence-corrected chi connectivity index (χ3v) is 7.49. The summed E-state index contributed by atoms with van der Waals surface area (Å²) in [6, 6.07) is -1.57. The van der Waals surface area contributed by atoms with Crippen LogP contribution >= 0.6 is 7.82 Å². The van der Waals surface area contributed by atoms with Crippen molar-refractivity contribution in [2.75, 3.05) is 32.9 Å². The number of rotatable bonds is 17. The smallest absolute Gasteiger partial charge is 0.394 e. The van der Waals surface area contributed by atoms with E-state index in [0.717, 1.165) is 0 Å². The van der Waals surface area contributed by atoms with Gasteiger partial charge in [-0.25, -0.2) is 4.57 Å². The number of carbonyl (C=O) groups excluding carboxylic acids is 3.